The maximum atomic E-state index is 13.4. The van der Waals surface area contributed by atoms with Crippen molar-refractivity contribution in [1.82, 2.24) is 9.91 Å². The number of hydrogen-bond acceptors (Lipinski definition) is 3. The molecule has 0 saturated carbocycles. The average Bonchev–Trinajstić information content (AvgIpc) is 3.16. The van der Waals surface area contributed by atoms with Crippen LogP contribution in [0.25, 0.3) is 0 Å². The smallest absolute Gasteiger partial charge is 0.257 e. The van der Waals surface area contributed by atoms with Crippen LogP contribution in [0.3, 0.4) is 0 Å². The zero-order valence-electron chi connectivity index (χ0n) is 16.5. The summed E-state index contributed by atoms with van der Waals surface area (Å²) in [4.78, 5) is 15.3. The molecule has 0 aliphatic carbocycles. The van der Waals surface area contributed by atoms with Crippen LogP contribution in [0.4, 0.5) is 8.78 Å². The molecule has 0 radical (unpaired) electrons. The average molecular weight is 397 g/mol. The Bertz CT molecular complexity index is 887. The Morgan fingerprint density at radius 1 is 1.00 bits per heavy atom. The first kappa shape index (κ1) is 19.7. The van der Waals surface area contributed by atoms with E-state index in [2.05, 4.69) is 16.9 Å². The molecule has 0 bridgehead atoms. The predicted molar refractivity (Wildman–Crippen MR) is 108 cm³/mol. The highest BCUT2D eigenvalue weighted by atomic mass is 19.1. The van der Waals surface area contributed by atoms with Gasteiger partial charge in [-0.1, -0.05) is 31.2 Å². The van der Waals surface area contributed by atoms with Gasteiger partial charge in [0.15, 0.2) is 0 Å². The van der Waals surface area contributed by atoms with Gasteiger partial charge in [0.25, 0.3) is 5.91 Å². The van der Waals surface area contributed by atoms with Crippen molar-refractivity contribution in [3.63, 3.8) is 0 Å². The van der Waals surface area contributed by atoms with Gasteiger partial charge in [0.2, 0.25) is 0 Å². The lowest BCUT2D eigenvalue weighted by Gasteiger charge is -2.31. The SMILES string of the molecule is CC1CCN(CC(=O)N2N=C(c3ccc(F)cc3)C[C@@H]2c2ccc(F)cc2)CC1. The minimum Gasteiger partial charge on any atom is -0.294 e. The van der Waals surface area contributed by atoms with Gasteiger partial charge in [0.1, 0.15) is 11.6 Å². The van der Waals surface area contributed by atoms with Gasteiger partial charge in [-0.25, -0.2) is 13.8 Å². The van der Waals surface area contributed by atoms with E-state index in [1.165, 1.54) is 29.3 Å². The molecule has 4 nitrogen and oxygen atoms in total. The van der Waals surface area contributed by atoms with Crippen molar-refractivity contribution < 1.29 is 13.6 Å². The first-order valence-electron chi connectivity index (χ1n) is 10.1. The fourth-order valence-corrected chi connectivity index (χ4v) is 3.99. The minimum absolute atomic E-state index is 0.0639. The number of piperidine rings is 1. The van der Waals surface area contributed by atoms with Crippen molar-refractivity contribution in [3.8, 4) is 0 Å². The standard InChI is InChI=1S/C23H25F2N3O/c1-16-10-12-27(13-11-16)15-23(29)28-22(18-4-8-20(25)9-5-18)14-21(26-28)17-2-6-19(24)7-3-17/h2-9,16,22H,10-15H2,1H3/t22-/m1/s1. The molecular formula is C23H25F2N3O. The third-order valence-corrected chi connectivity index (χ3v) is 5.83. The van der Waals surface area contributed by atoms with Gasteiger partial charge < -0.3 is 0 Å². The summed E-state index contributed by atoms with van der Waals surface area (Å²) in [5, 5.41) is 6.14. The third-order valence-electron chi connectivity index (χ3n) is 5.83. The van der Waals surface area contributed by atoms with E-state index in [9.17, 15) is 13.6 Å². The summed E-state index contributed by atoms with van der Waals surface area (Å²) in [6.45, 7) is 4.39. The summed E-state index contributed by atoms with van der Waals surface area (Å²) in [7, 11) is 0. The number of carbonyl (C=O) groups excluding carboxylic acids is 1. The molecule has 0 spiro atoms. The van der Waals surface area contributed by atoms with E-state index in [4.69, 9.17) is 0 Å². The van der Waals surface area contributed by atoms with Gasteiger partial charge in [0, 0.05) is 6.42 Å². The molecule has 2 aromatic rings. The Kier molecular flexibility index (Phi) is 5.72. The highest BCUT2D eigenvalue weighted by molar-refractivity contribution is 6.03. The Balaban J connectivity index is 1.57. The Hall–Kier alpha value is -2.60. The van der Waals surface area contributed by atoms with Crippen LogP contribution in [0.5, 0.6) is 0 Å². The summed E-state index contributed by atoms with van der Waals surface area (Å²) < 4.78 is 26.7. The summed E-state index contributed by atoms with van der Waals surface area (Å²) in [5.74, 6) is 0.00983. The second-order valence-corrected chi connectivity index (χ2v) is 8.02. The van der Waals surface area contributed by atoms with Crippen molar-refractivity contribution in [2.45, 2.75) is 32.2 Å². The summed E-state index contributed by atoms with van der Waals surface area (Å²) in [5.41, 5.74) is 2.37. The largest absolute Gasteiger partial charge is 0.294 e. The monoisotopic (exact) mass is 397 g/mol. The van der Waals surface area contributed by atoms with Gasteiger partial charge >= 0.3 is 0 Å². The fraction of sp³-hybridized carbons (Fsp3) is 0.391. The van der Waals surface area contributed by atoms with Crippen LogP contribution >= 0.6 is 0 Å². The quantitative estimate of drug-likeness (QED) is 0.768. The van der Waals surface area contributed by atoms with E-state index in [1.54, 1.807) is 24.3 Å². The third kappa shape index (κ3) is 4.53. The summed E-state index contributed by atoms with van der Waals surface area (Å²) in [6, 6.07) is 12.1. The van der Waals surface area contributed by atoms with E-state index in [-0.39, 0.29) is 23.6 Å². The molecule has 1 saturated heterocycles. The number of benzene rings is 2. The molecular weight excluding hydrogens is 372 g/mol. The number of halogens is 2. The number of hydrazone groups is 1. The molecule has 29 heavy (non-hydrogen) atoms. The van der Waals surface area contributed by atoms with E-state index >= 15 is 0 Å². The highest BCUT2D eigenvalue weighted by Crippen LogP contribution is 2.33. The maximum Gasteiger partial charge on any atom is 0.257 e. The van der Waals surface area contributed by atoms with Crippen LogP contribution in [-0.2, 0) is 4.79 Å². The predicted octanol–water partition coefficient (Wildman–Crippen LogP) is 4.37. The number of hydrogen-bond donors (Lipinski definition) is 0. The lowest BCUT2D eigenvalue weighted by Crippen LogP contribution is -2.41. The van der Waals surface area contributed by atoms with Crippen molar-refractivity contribution >= 4 is 11.6 Å². The number of carbonyl (C=O) groups is 1. The molecule has 2 aliphatic heterocycles. The molecule has 1 atom stereocenters. The van der Waals surface area contributed by atoms with Gasteiger partial charge in [-0.2, -0.15) is 5.10 Å². The number of likely N-dealkylation sites (tertiary alicyclic amines) is 1. The van der Waals surface area contributed by atoms with Crippen LogP contribution < -0.4 is 0 Å². The minimum atomic E-state index is -0.313. The van der Waals surface area contributed by atoms with E-state index < -0.39 is 0 Å². The second-order valence-electron chi connectivity index (χ2n) is 8.02. The molecule has 0 unspecified atom stereocenters. The molecule has 2 aromatic carbocycles. The Labute approximate surface area is 169 Å². The lowest BCUT2D eigenvalue weighted by molar-refractivity contribution is -0.134. The lowest BCUT2D eigenvalue weighted by atomic mass is 9.98. The normalized spacial score (nSPS) is 20.7. The summed E-state index contributed by atoms with van der Waals surface area (Å²) in [6.07, 6.45) is 2.71. The number of amides is 1. The van der Waals surface area contributed by atoms with Crippen LogP contribution in [0, 0.1) is 17.6 Å². The first-order chi connectivity index (χ1) is 14.0. The molecule has 2 aliphatic rings. The zero-order chi connectivity index (χ0) is 20.4. The topological polar surface area (TPSA) is 35.9 Å². The van der Waals surface area contributed by atoms with Crippen molar-refractivity contribution in [3.05, 3.63) is 71.3 Å². The van der Waals surface area contributed by atoms with E-state index in [0.717, 1.165) is 42.8 Å². The van der Waals surface area contributed by atoms with E-state index in [0.29, 0.717) is 18.9 Å². The Morgan fingerprint density at radius 2 is 1.59 bits per heavy atom. The van der Waals surface area contributed by atoms with Crippen LogP contribution in [0.15, 0.2) is 53.6 Å². The van der Waals surface area contributed by atoms with Crippen molar-refractivity contribution in [2.24, 2.45) is 11.0 Å². The zero-order valence-corrected chi connectivity index (χ0v) is 16.5. The molecule has 2 heterocycles. The Morgan fingerprint density at radius 3 is 2.21 bits per heavy atom. The van der Waals surface area contributed by atoms with Gasteiger partial charge in [-0.15, -0.1) is 0 Å². The number of rotatable bonds is 4. The van der Waals surface area contributed by atoms with Crippen molar-refractivity contribution in [2.75, 3.05) is 19.6 Å². The highest BCUT2D eigenvalue weighted by Gasteiger charge is 2.34. The van der Waals surface area contributed by atoms with Crippen molar-refractivity contribution in [1.29, 1.82) is 0 Å². The van der Waals surface area contributed by atoms with Crippen LogP contribution in [0.2, 0.25) is 0 Å². The maximum absolute atomic E-state index is 13.4. The molecule has 0 N–H and O–H groups in total. The number of nitrogens with zero attached hydrogens (tertiary/aromatic N) is 3. The fourth-order valence-electron chi connectivity index (χ4n) is 3.99. The van der Waals surface area contributed by atoms with Crippen LogP contribution in [-0.4, -0.2) is 41.2 Å². The van der Waals surface area contributed by atoms with Gasteiger partial charge in [0.05, 0.1) is 18.3 Å². The molecule has 1 amide bonds. The van der Waals surface area contributed by atoms with Crippen LogP contribution in [0.1, 0.15) is 43.4 Å². The van der Waals surface area contributed by atoms with Gasteiger partial charge in [-0.05, 0) is 67.2 Å². The van der Waals surface area contributed by atoms with Gasteiger partial charge in [-0.3, -0.25) is 9.69 Å². The summed E-state index contributed by atoms with van der Waals surface area (Å²) >= 11 is 0. The molecule has 4 rings (SSSR count). The first-order valence-corrected chi connectivity index (χ1v) is 10.1. The molecule has 1 fully saturated rings. The molecule has 6 heteroatoms. The molecule has 152 valence electrons. The van der Waals surface area contributed by atoms with E-state index in [1.807, 2.05) is 0 Å². The molecule has 0 aromatic heterocycles. The second kappa shape index (κ2) is 8.41.